The average molecular weight is 468 g/mol. The van der Waals surface area contributed by atoms with Gasteiger partial charge in [0.2, 0.25) is 0 Å². The summed E-state index contributed by atoms with van der Waals surface area (Å²) in [7, 11) is 0. The third kappa shape index (κ3) is 4.50. The lowest BCUT2D eigenvalue weighted by atomic mass is 10.1. The summed E-state index contributed by atoms with van der Waals surface area (Å²) in [6.07, 6.45) is 5.08. The Morgan fingerprint density at radius 3 is 2.63 bits per heavy atom. The number of ether oxygens (including phenoxy) is 1. The van der Waals surface area contributed by atoms with E-state index in [1.165, 1.54) is 0 Å². The molecule has 2 aromatic carbocycles. The third-order valence-electron chi connectivity index (χ3n) is 5.76. The van der Waals surface area contributed by atoms with Gasteiger partial charge in [-0.3, -0.25) is 14.6 Å². The van der Waals surface area contributed by atoms with E-state index in [1.54, 1.807) is 34.2 Å². The molecule has 0 saturated heterocycles. The normalized spacial score (nSPS) is 14.7. The number of nitrogens with zero attached hydrogens (tertiary/aromatic N) is 4. The third-order valence-corrected chi connectivity index (χ3v) is 5.76. The van der Waals surface area contributed by atoms with Crippen LogP contribution in [0.15, 0.2) is 85.3 Å². The lowest BCUT2D eigenvalue weighted by molar-refractivity contribution is -0.127. The number of carbonyl (C=O) groups excluding carboxylic acids is 2. The van der Waals surface area contributed by atoms with Crippen LogP contribution in [-0.4, -0.2) is 45.8 Å². The standard InChI is InChI=1S/C27H25N5O3/c1-2-14-29-26(33)24-18-31(22-12-6-7-13-23(22)35-24)27(34)21-17-32(20-10-4-3-5-11-20)30-25(21)19-9-8-15-28-16-19/h3-13,15-17,24H,2,14,18H2,1H3,(H,29,33)/t24-/m0/s1. The molecular weight excluding hydrogens is 442 g/mol. The zero-order valence-electron chi connectivity index (χ0n) is 19.3. The lowest BCUT2D eigenvalue weighted by Gasteiger charge is -2.34. The summed E-state index contributed by atoms with van der Waals surface area (Å²) in [5.74, 6) is -0.0242. The Morgan fingerprint density at radius 1 is 1.06 bits per heavy atom. The van der Waals surface area contributed by atoms with Crippen molar-refractivity contribution < 1.29 is 14.3 Å². The van der Waals surface area contributed by atoms with Gasteiger partial charge in [-0.05, 0) is 42.8 Å². The van der Waals surface area contributed by atoms with Crippen LogP contribution in [0.3, 0.4) is 0 Å². The van der Waals surface area contributed by atoms with Crippen LogP contribution in [0.4, 0.5) is 5.69 Å². The van der Waals surface area contributed by atoms with Crippen molar-refractivity contribution >= 4 is 17.5 Å². The quantitative estimate of drug-likeness (QED) is 0.465. The van der Waals surface area contributed by atoms with Crippen LogP contribution in [0.1, 0.15) is 23.7 Å². The molecular formula is C27H25N5O3. The maximum atomic E-state index is 14.0. The molecule has 3 heterocycles. The largest absolute Gasteiger partial charge is 0.477 e. The predicted molar refractivity (Wildman–Crippen MR) is 133 cm³/mol. The fraction of sp³-hybridized carbons (Fsp3) is 0.185. The van der Waals surface area contributed by atoms with Crippen molar-refractivity contribution in [1.82, 2.24) is 20.1 Å². The highest BCUT2D eigenvalue weighted by Gasteiger charge is 2.35. The van der Waals surface area contributed by atoms with E-state index in [1.807, 2.05) is 67.6 Å². The highest BCUT2D eigenvalue weighted by Crippen LogP contribution is 2.35. The van der Waals surface area contributed by atoms with Gasteiger partial charge in [0.25, 0.3) is 11.8 Å². The minimum atomic E-state index is -0.814. The van der Waals surface area contributed by atoms with E-state index in [9.17, 15) is 9.59 Å². The Balaban J connectivity index is 1.57. The first-order chi connectivity index (χ1) is 17.2. The molecule has 1 aliphatic rings. The molecule has 4 aromatic rings. The number of fused-ring (bicyclic) bond motifs is 1. The Morgan fingerprint density at radius 2 is 1.86 bits per heavy atom. The first kappa shape index (κ1) is 22.3. The topological polar surface area (TPSA) is 89.4 Å². The van der Waals surface area contributed by atoms with Crippen molar-refractivity contribution in [2.24, 2.45) is 0 Å². The molecule has 0 saturated carbocycles. The second-order valence-corrected chi connectivity index (χ2v) is 8.19. The van der Waals surface area contributed by atoms with Crippen LogP contribution < -0.4 is 15.0 Å². The number of hydrogen-bond donors (Lipinski definition) is 1. The Hall–Kier alpha value is -4.46. The lowest BCUT2D eigenvalue weighted by Crippen LogP contribution is -2.50. The van der Waals surface area contributed by atoms with E-state index in [2.05, 4.69) is 10.3 Å². The van der Waals surface area contributed by atoms with Gasteiger partial charge < -0.3 is 15.0 Å². The van der Waals surface area contributed by atoms with Gasteiger partial charge >= 0.3 is 0 Å². The molecule has 8 heteroatoms. The van der Waals surface area contributed by atoms with Crippen molar-refractivity contribution in [2.75, 3.05) is 18.0 Å². The smallest absolute Gasteiger partial charge is 0.262 e. The SMILES string of the molecule is CCCNC(=O)[C@@H]1CN(C(=O)c2cn(-c3ccccc3)nc2-c2cccnc2)c2ccccc2O1. The molecule has 0 radical (unpaired) electrons. The average Bonchev–Trinajstić information content (AvgIpc) is 3.37. The molecule has 8 nitrogen and oxygen atoms in total. The van der Waals surface area contributed by atoms with E-state index in [-0.39, 0.29) is 18.4 Å². The molecule has 176 valence electrons. The van der Waals surface area contributed by atoms with E-state index >= 15 is 0 Å². The van der Waals surface area contributed by atoms with E-state index in [0.29, 0.717) is 29.2 Å². The summed E-state index contributed by atoms with van der Waals surface area (Å²) < 4.78 is 7.65. The first-order valence-electron chi connectivity index (χ1n) is 11.6. The molecule has 1 aliphatic heterocycles. The molecule has 0 fully saturated rings. The van der Waals surface area contributed by atoms with E-state index < -0.39 is 6.10 Å². The number of carbonyl (C=O) groups is 2. The molecule has 0 bridgehead atoms. The van der Waals surface area contributed by atoms with Crippen molar-refractivity contribution in [3.05, 3.63) is 90.9 Å². The van der Waals surface area contributed by atoms with Crippen molar-refractivity contribution in [3.8, 4) is 22.7 Å². The van der Waals surface area contributed by atoms with Gasteiger partial charge in [0.15, 0.2) is 6.10 Å². The second kappa shape index (κ2) is 9.80. The summed E-state index contributed by atoms with van der Waals surface area (Å²) in [6.45, 7) is 2.62. The van der Waals surface area contributed by atoms with Crippen LogP contribution in [-0.2, 0) is 4.79 Å². The molecule has 2 amide bonds. The molecule has 0 unspecified atom stereocenters. The van der Waals surface area contributed by atoms with Gasteiger partial charge in [0, 0.05) is 30.7 Å². The molecule has 35 heavy (non-hydrogen) atoms. The van der Waals surface area contributed by atoms with Crippen molar-refractivity contribution in [2.45, 2.75) is 19.4 Å². The Bertz CT molecular complexity index is 1340. The highest BCUT2D eigenvalue weighted by atomic mass is 16.5. The fourth-order valence-corrected chi connectivity index (χ4v) is 4.03. The van der Waals surface area contributed by atoms with Gasteiger partial charge in [-0.15, -0.1) is 0 Å². The number of para-hydroxylation sites is 3. The number of rotatable bonds is 6. The van der Waals surface area contributed by atoms with Gasteiger partial charge in [-0.1, -0.05) is 37.3 Å². The summed E-state index contributed by atoms with van der Waals surface area (Å²) >= 11 is 0. The van der Waals surface area contributed by atoms with Gasteiger partial charge in [0.05, 0.1) is 23.5 Å². The summed E-state index contributed by atoms with van der Waals surface area (Å²) in [6, 6.07) is 20.5. The number of benzene rings is 2. The maximum absolute atomic E-state index is 14.0. The monoisotopic (exact) mass is 467 g/mol. The number of nitrogens with one attached hydrogen (secondary N) is 1. The fourth-order valence-electron chi connectivity index (χ4n) is 4.03. The van der Waals surface area contributed by atoms with Crippen molar-refractivity contribution in [1.29, 1.82) is 0 Å². The molecule has 1 atom stereocenters. The first-order valence-corrected chi connectivity index (χ1v) is 11.6. The van der Waals surface area contributed by atoms with Gasteiger partial charge in [-0.2, -0.15) is 5.10 Å². The number of amides is 2. The summed E-state index contributed by atoms with van der Waals surface area (Å²) in [4.78, 5) is 32.6. The van der Waals surface area contributed by atoms with Crippen LogP contribution >= 0.6 is 0 Å². The molecule has 0 spiro atoms. The zero-order chi connectivity index (χ0) is 24.2. The molecule has 5 rings (SSSR count). The van der Waals surface area contributed by atoms with Crippen LogP contribution in [0.5, 0.6) is 5.75 Å². The predicted octanol–water partition coefficient (Wildman–Crippen LogP) is 3.87. The highest BCUT2D eigenvalue weighted by molar-refractivity contribution is 6.11. The second-order valence-electron chi connectivity index (χ2n) is 8.19. The molecule has 2 aromatic heterocycles. The Labute approximate surface area is 203 Å². The number of anilines is 1. The maximum Gasteiger partial charge on any atom is 0.262 e. The zero-order valence-corrected chi connectivity index (χ0v) is 19.3. The molecule has 1 N–H and O–H groups in total. The van der Waals surface area contributed by atoms with E-state index in [0.717, 1.165) is 17.7 Å². The number of aromatic nitrogens is 3. The van der Waals surface area contributed by atoms with Crippen molar-refractivity contribution in [3.63, 3.8) is 0 Å². The minimum Gasteiger partial charge on any atom is -0.477 e. The van der Waals surface area contributed by atoms with E-state index in [4.69, 9.17) is 9.84 Å². The number of pyridine rings is 1. The summed E-state index contributed by atoms with van der Waals surface area (Å²) in [5.41, 5.74) is 3.09. The van der Waals surface area contributed by atoms with Crippen LogP contribution in [0.25, 0.3) is 16.9 Å². The van der Waals surface area contributed by atoms with Crippen LogP contribution in [0, 0.1) is 0 Å². The minimum absolute atomic E-state index is 0.0917. The van der Waals surface area contributed by atoms with Gasteiger partial charge in [0.1, 0.15) is 11.4 Å². The van der Waals surface area contributed by atoms with Gasteiger partial charge in [-0.25, -0.2) is 4.68 Å². The molecule has 0 aliphatic carbocycles. The van der Waals surface area contributed by atoms with Crippen LogP contribution in [0.2, 0.25) is 0 Å². The Kier molecular flexibility index (Phi) is 6.26. The number of hydrogen-bond acceptors (Lipinski definition) is 5. The summed E-state index contributed by atoms with van der Waals surface area (Å²) in [5, 5.41) is 7.60.